The normalized spacial score (nSPS) is 22.1. The molecule has 0 spiro atoms. The van der Waals surface area contributed by atoms with Crippen LogP contribution >= 0.6 is 20.0 Å². The number of aromatic nitrogens is 4. The molecule has 1 aliphatic heterocycles. The number of benzene rings is 1. The smallest absolute Gasteiger partial charge is 0.459 e. The summed E-state index contributed by atoms with van der Waals surface area (Å²) in [5.41, 5.74) is 6.72. The highest BCUT2D eigenvalue weighted by Gasteiger charge is 2.39. The molecule has 2 aromatic heterocycles. The number of hydrogen-bond acceptors (Lipinski definition) is 11. The molecule has 1 unspecified atom stereocenters. The minimum atomic E-state index is -4.11. The van der Waals surface area contributed by atoms with Crippen LogP contribution in [0.4, 0.5) is 5.95 Å². The molecule has 3 heterocycles. The lowest BCUT2D eigenvalue weighted by Crippen LogP contribution is -2.37. The number of para-hydroxylation sites is 1. The largest absolute Gasteiger partial charge is 0.462 e. The predicted octanol–water partition coefficient (Wildman–Crippen LogP) is 2.85. The summed E-state index contributed by atoms with van der Waals surface area (Å²) in [7, 11) is -4.11. The van der Waals surface area contributed by atoms with E-state index in [4.69, 9.17) is 36.5 Å². The van der Waals surface area contributed by atoms with Crippen molar-refractivity contribution in [3.05, 3.63) is 41.3 Å². The van der Waals surface area contributed by atoms with Crippen molar-refractivity contribution in [2.24, 2.45) is 0 Å². The number of nitrogens with one attached hydrogen (secondary N) is 2. The number of anilines is 1. The highest BCUT2D eigenvalue weighted by atomic mass is 32.1. The van der Waals surface area contributed by atoms with E-state index in [2.05, 4.69) is 20.0 Å². The van der Waals surface area contributed by atoms with Crippen molar-refractivity contribution in [2.45, 2.75) is 57.8 Å². The van der Waals surface area contributed by atoms with Gasteiger partial charge >= 0.3 is 13.7 Å². The molecule has 0 aliphatic carbocycles. The second kappa shape index (κ2) is 11.3. The Balaban J connectivity index is 1.48. The van der Waals surface area contributed by atoms with Crippen LogP contribution in [0.1, 0.15) is 33.4 Å². The first-order valence-corrected chi connectivity index (χ1v) is 13.5. The minimum Gasteiger partial charge on any atom is -0.462 e. The molecule has 15 heteroatoms. The summed E-state index contributed by atoms with van der Waals surface area (Å²) in [6.07, 6.45) is -1.12. The minimum absolute atomic E-state index is 0.118. The summed E-state index contributed by atoms with van der Waals surface area (Å²) >= 11 is 5.21. The SMILES string of the molecule is CC(C)OC(=O)[C@H](C)NP(=O)(OC[C@H]1O[C@@H](n2cnc3c(=S)nc(N)[nH]c32)C[C@@H]1O)Oc1ccccc1. The Morgan fingerprint density at radius 1 is 1.38 bits per heavy atom. The van der Waals surface area contributed by atoms with E-state index in [1.54, 1.807) is 48.7 Å². The molecule has 13 nitrogen and oxygen atoms in total. The number of imidazole rings is 1. The summed E-state index contributed by atoms with van der Waals surface area (Å²) in [6, 6.07) is 7.37. The molecule has 1 aromatic carbocycles. The molecule has 4 rings (SSSR count). The number of carbonyl (C=O) groups excluding carboxylic acids is 1. The van der Waals surface area contributed by atoms with Crippen LogP contribution in [0.15, 0.2) is 36.7 Å². The molecular formula is C22H29N6O7PS. The second-order valence-corrected chi connectivity index (χ2v) is 10.8. The van der Waals surface area contributed by atoms with Crippen LogP contribution in [0.3, 0.4) is 0 Å². The van der Waals surface area contributed by atoms with E-state index in [0.29, 0.717) is 11.2 Å². The van der Waals surface area contributed by atoms with Crippen LogP contribution in [0.25, 0.3) is 11.2 Å². The van der Waals surface area contributed by atoms with Gasteiger partial charge in [0.25, 0.3) is 0 Å². The molecule has 1 saturated heterocycles. The first kappa shape index (κ1) is 27.2. The van der Waals surface area contributed by atoms with Gasteiger partial charge in [-0.05, 0) is 32.9 Å². The van der Waals surface area contributed by atoms with E-state index in [-0.39, 0.29) is 35.5 Å². The molecule has 0 saturated carbocycles. The lowest BCUT2D eigenvalue weighted by atomic mass is 10.2. The average molecular weight is 553 g/mol. The molecule has 3 aromatic rings. The first-order chi connectivity index (χ1) is 17.5. The van der Waals surface area contributed by atoms with Gasteiger partial charge < -0.3 is 29.8 Å². The Hall–Kier alpha value is -2.87. The number of rotatable bonds is 10. The van der Waals surface area contributed by atoms with Gasteiger partial charge in [-0.15, -0.1) is 0 Å². The summed E-state index contributed by atoms with van der Waals surface area (Å²) < 4.78 is 38.0. The molecule has 0 amide bonds. The van der Waals surface area contributed by atoms with Crippen molar-refractivity contribution in [1.29, 1.82) is 0 Å². The molecule has 0 bridgehead atoms. The molecule has 200 valence electrons. The third-order valence-electron chi connectivity index (χ3n) is 5.41. The Morgan fingerprint density at radius 2 is 2.11 bits per heavy atom. The van der Waals surface area contributed by atoms with Gasteiger partial charge in [0.2, 0.25) is 0 Å². The first-order valence-electron chi connectivity index (χ1n) is 11.6. The van der Waals surface area contributed by atoms with Gasteiger partial charge in [-0.25, -0.2) is 14.5 Å². The van der Waals surface area contributed by atoms with E-state index in [1.807, 2.05) is 0 Å². The Morgan fingerprint density at radius 3 is 2.81 bits per heavy atom. The fourth-order valence-corrected chi connectivity index (χ4v) is 5.46. The van der Waals surface area contributed by atoms with E-state index >= 15 is 0 Å². The van der Waals surface area contributed by atoms with Crippen molar-refractivity contribution in [2.75, 3.05) is 12.3 Å². The third-order valence-corrected chi connectivity index (χ3v) is 7.34. The monoisotopic (exact) mass is 552 g/mol. The Kier molecular flexibility index (Phi) is 8.26. The van der Waals surface area contributed by atoms with E-state index in [0.717, 1.165) is 0 Å². The second-order valence-electron chi connectivity index (χ2n) is 8.74. The van der Waals surface area contributed by atoms with E-state index in [1.165, 1.54) is 13.3 Å². The van der Waals surface area contributed by atoms with Crippen molar-refractivity contribution in [1.82, 2.24) is 24.6 Å². The van der Waals surface area contributed by atoms with Crippen LogP contribution in [0.2, 0.25) is 0 Å². The van der Waals surface area contributed by atoms with Crippen molar-refractivity contribution >= 4 is 43.0 Å². The van der Waals surface area contributed by atoms with Gasteiger partial charge in [0.15, 0.2) is 10.6 Å². The number of aliphatic hydroxyl groups is 1. The van der Waals surface area contributed by atoms with Crippen LogP contribution in [-0.2, 0) is 23.4 Å². The lowest BCUT2D eigenvalue weighted by Gasteiger charge is -2.25. The molecule has 1 fully saturated rings. The standard InChI is InChI=1S/C22H29N6O7PS/c1-12(2)33-21(30)13(3)27-36(31,35-14-7-5-4-6-8-14)32-10-16-15(29)9-17(34-16)28-11-24-18-19(28)25-22(23)26-20(18)37/h4-8,11-13,15-17,29H,9-10H2,1-3H3,(H,27,31)(H3,23,25,26,37)/t13-,15-,16+,17+,36?/m0/s1. The molecule has 0 radical (unpaired) electrons. The number of esters is 1. The predicted molar refractivity (Wildman–Crippen MR) is 136 cm³/mol. The number of nitrogen functional groups attached to an aromatic ring is 1. The number of aliphatic hydroxyl groups excluding tert-OH is 1. The number of aromatic amines is 1. The molecule has 5 atom stereocenters. The molecular weight excluding hydrogens is 523 g/mol. The summed E-state index contributed by atoms with van der Waals surface area (Å²) in [5.74, 6) is -0.237. The van der Waals surface area contributed by atoms with Gasteiger partial charge in [0.05, 0.1) is 25.1 Å². The van der Waals surface area contributed by atoms with Crippen molar-refractivity contribution < 1.29 is 33.0 Å². The topological polar surface area (TPSA) is 176 Å². The van der Waals surface area contributed by atoms with E-state index in [9.17, 15) is 14.5 Å². The van der Waals surface area contributed by atoms with Crippen LogP contribution in [0, 0.1) is 4.64 Å². The molecule has 37 heavy (non-hydrogen) atoms. The number of nitrogens with zero attached hydrogens (tertiary/aromatic N) is 3. The fraction of sp³-hybridized carbons (Fsp3) is 0.455. The number of carbonyl (C=O) groups is 1. The highest BCUT2D eigenvalue weighted by molar-refractivity contribution is 7.71. The third kappa shape index (κ3) is 6.53. The maximum atomic E-state index is 13.7. The van der Waals surface area contributed by atoms with E-state index < -0.39 is 38.2 Å². The van der Waals surface area contributed by atoms with Crippen molar-refractivity contribution in [3.8, 4) is 5.75 Å². The lowest BCUT2D eigenvalue weighted by molar-refractivity contribution is -0.149. The zero-order valence-electron chi connectivity index (χ0n) is 20.4. The fourth-order valence-electron chi connectivity index (χ4n) is 3.71. The van der Waals surface area contributed by atoms with Gasteiger partial charge in [-0.1, -0.05) is 30.4 Å². The van der Waals surface area contributed by atoms with Gasteiger partial charge in [0, 0.05) is 6.42 Å². The van der Waals surface area contributed by atoms with Gasteiger partial charge in [0.1, 0.15) is 35.3 Å². The van der Waals surface area contributed by atoms with Crippen LogP contribution < -0.4 is 15.3 Å². The number of H-pyrrole nitrogens is 1. The quantitative estimate of drug-likeness (QED) is 0.165. The van der Waals surface area contributed by atoms with Gasteiger partial charge in [-0.3, -0.25) is 13.9 Å². The number of nitrogens with two attached hydrogens (primary N) is 1. The van der Waals surface area contributed by atoms with Crippen LogP contribution in [0.5, 0.6) is 5.75 Å². The maximum Gasteiger partial charge on any atom is 0.459 e. The van der Waals surface area contributed by atoms with Crippen molar-refractivity contribution in [3.63, 3.8) is 0 Å². The number of hydrogen-bond donors (Lipinski definition) is 4. The molecule has 5 N–H and O–H groups in total. The summed E-state index contributed by atoms with van der Waals surface area (Å²) in [6.45, 7) is 4.60. The zero-order valence-corrected chi connectivity index (χ0v) is 22.1. The van der Waals surface area contributed by atoms with Crippen LogP contribution in [-0.4, -0.2) is 61.6 Å². The number of fused-ring (bicyclic) bond motifs is 1. The Labute approximate surface area is 217 Å². The highest BCUT2D eigenvalue weighted by Crippen LogP contribution is 2.46. The summed E-state index contributed by atoms with van der Waals surface area (Å²) in [4.78, 5) is 23.4. The van der Waals surface area contributed by atoms with Gasteiger partial charge in [-0.2, -0.15) is 5.09 Å². The Bertz CT molecular complexity index is 1350. The zero-order chi connectivity index (χ0) is 26.7. The average Bonchev–Trinajstić information content (AvgIpc) is 3.41. The summed E-state index contributed by atoms with van der Waals surface area (Å²) in [5, 5.41) is 13.3. The maximum absolute atomic E-state index is 13.7. The molecule has 1 aliphatic rings. The number of ether oxygens (including phenoxy) is 2.